The summed E-state index contributed by atoms with van der Waals surface area (Å²) >= 11 is 0. The van der Waals surface area contributed by atoms with Gasteiger partial charge in [-0.1, -0.05) is 196 Å². The van der Waals surface area contributed by atoms with Gasteiger partial charge < -0.3 is 4.90 Å². The van der Waals surface area contributed by atoms with Gasteiger partial charge >= 0.3 is 0 Å². The van der Waals surface area contributed by atoms with E-state index in [4.69, 9.17) is 0 Å². The Morgan fingerprint density at radius 1 is 0.393 bits per heavy atom. The summed E-state index contributed by atoms with van der Waals surface area (Å²) in [5, 5.41) is 0. The van der Waals surface area contributed by atoms with Crippen molar-refractivity contribution in [2.24, 2.45) is 0 Å². The maximum absolute atomic E-state index is 2.48. The molecule has 2 aliphatic rings. The number of fused-ring (bicyclic) bond motifs is 6. The Morgan fingerprint density at radius 3 is 1.79 bits per heavy atom. The molecule has 61 heavy (non-hydrogen) atoms. The molecule has 0 aliphatic heterocycles. The second-order valence-electron chi connectivity index (χ2n) is 17.2. The van der Waals surface area contributed by atoms with E-state index in [0.717, 1.165) is 29.9 Å². The van der Waals surface area contributed by atoms with Crippen LogP contribution in [0, 0.1) is 0 Å². The first kappa shape index (κ1) is 36.8. The smallest absolute Gasteiger partial charge is 0.0540 e. The summed E-state index contributed by atoms with van der Waals surface area (Å²) in [4.78, 5) is 2.46. The van der Waals surface area contributed by atoms with Crippen molar-refractivity contribution in [3.8, 4) is 55.6 Å². The molecule has 0 saturated carbocycles. The molecule has 0 bridgehead atoms. The zero-order valence-corrected chi connectivity index (χ0v) is 34.7. The molecule has 11 rings (SSSR count). The molecule has 0 heterocycles. The van der Waals surface area contributed by atoms with E-state index in [9.17, 15) is 0 Å². The third-order valence-corrected chi connectivity index (χ3v) is 13.3. The third-order valence-electron chi connectivity index (χ3n) is 13.3. The van der Waals surface area contributed by atoms with Gasteiger partial charge in [-0.25, -0.2) is 0 Å². The van der Waals surface area contributed by atoms with Crippen molar-refractivity contribution in [1.82, 2.24) is 0 Å². The second-order valence-corrected chi connectivity index (χ2v) is 17.2. The lowest BCUT2D eigenvalue weighted by molar-refractivity contribution is 0.660. The minimum absolute atomic E-state index is 0.0873. The van der Waals surface area contributed by atoms with Gasteiger partial charge in [-0.05, 0) is 127 Å². The Hall–Kier alpha value is -7.22. The Balaban J connectivity index is 1.04. The van der Waals surface area contributed by atoms with Gasteiger partial charge in [0.05, 0.1) is 5.69 Å². The highest BCUT2D eigenvalue weighted by molar-refractivity contribution is 5.98. The van der Waals surface area contributed by atoms with Crippen molar-refractivity contribution in [3.63, 3.8) is 0 Å². The van der Waals surface area contributed by atoms with Gasteiger partial charge in [-0.15, -0.1) is 0 Å². The highest BCUT2D eigenvalue weighted by atomic mass is 15.1. The summed E-state index contributed by atoms with van der Waals surface area (Å²) in [6.07, 6.45) is 2.12. The summed E-state index contributed by atoms with van der Waals surface area (Å²) in [6, 6.07) is 80.9. The van der Waals surface area contributed by atoms with Crippen molar-refractivity contribution in [1.29, 1.82) is 0 Å². The van der Waals surface area contributed by atoms with Crippen molar-refractivity contribution in [2.75, 3.05) is 4.90 Å². The second kappa shape index (κ2) is 15.1. The van der Waals surface area contributed by atoms with Gasteiger partial charge in [-0.3, -0.25) is 0 Å². The highest BCUT2D eigenvalue weighted by Crippen LogP contribution is 2.54. The molecule has 2 aliphatic carbocycles. The van der Waals surface area contributed by atoms with E-state index in [2.05, 4.69) is 237 Å². The maximum atomic E-state index is 2.48. The van der Waals surface area contributed by atoms with E-state index in [1.165, 1.54) is 83.5 Å². The molecule has 1 atom stereocenters. The summed E-state index contributed by atoms with van der Waals surface area (Å²) in [5.74, 6) is 0.351. The van der Waals surface area contributed by atoms with Gasteiger partial charge in [0.25, 0.3) is 0 Å². The summed E-state index contributed by atoms with van der Waals surface area (Å²) in [5.41, 5.74) is 23.1. The number of benzene rings is 9. The zero-order chi connectivity index (χ0) is 40.9. The monoisotopic (exact) mass is 781 g/mol. The molecule has 0 N–H and O–H groups in total. The highest BCUT2D eigenvalue weighted by Gasteiger charge is 2.37. The Kier molecular flexibility index (Phi) is 9.12. The Labute approximate surface area is 360 Å². The van der Waals surface area contributed by atoms with E-state index < -0.39 is 0 Å². The van der Waals surface area contributed by atoms with Crippen LogP contribution in [0.1, 0.15) is 54.0 Å². The quantitative estimate of drug-likeness (QED) is 0.141. The van der Waals surface area contributed by atoms with Gasteiger partial charge in [0, 0.05) is 28.3 Å². The molecule has 1 unspecified atom stereocenters. The molecule has 0 aromatic heterocycles. The van der Waals surface area contributed by atoms with E-state index in [-0.39, 0.29) is 5.41 Å². The third kappa shape index (κ3) is 6.40. The topological polar surface area (TPSA) is 3.24 Å². The first-order valence-corrected chi connectivity index (χ1v) is 21.7. The number of anilines is 3. The van der Waals surface area contributed by atoms with Crippen LogP contribution in [-0.4, -0.2) is 0 Å². The lowest BCUT2D eigenvalue weighted by atomic mass is 9.82. The number of rotatable bonds is 9. The molecule has 1 nitrogen and oxygen atoms in total. The fourth-order valence-corrected chi connectivity index (χ4v) is 10.3. The molecule has 0 spiro atoms. The van der Waals surface area contributed by atoms with Gasteiger partial charge in [0.1, 0.15) is 0 Å². The fraction of sp³-hybridized carbons (Fsp3) is 0.100. The average molecular weight is 782 g/mol. The number of hydrogen-bond acceptors (Lipinski definition) is 1. The van der Waals surface area contributed by atoms with Crippen LogP contribution in [0.2, 0.25) is 0 Å². The zero-order valence-electron chi connectivity index (χ0n) is 34.7. The SMILES string of the molecule is CC1(C)c2ccccc2-c2c(-c3ccccc3N(c3ccc(-c4ccccc4)cc3)c3cccc(-c4ccc5c(c4)C(CCc4ccccc4)c4ccccc4-5)c3)cccc21. The fourth-order valence-electron chi connectivity index (χ4n) is 10.3. The van der Waals surface area contributed by atoms with E-state index >= 15 is 0 Å². The minimum atomic E-state index is -0.0873. The predicted octanol–water partition coefficient (Wildman–Crippen LogP) is 16.2. The summed E-state index contributed by atoms with van der Waals surface area (Å²) in [6.45, 7) is 4.73. The summed E-state index contributed by atoms with van der Waals surface area (Å²) < 4.78 is 0. The van der Waals surface area contributed by atoms with Crippen LogP contribution in [0.15, 0.2) is 218 Å². The van der Waals surface area contributed by atoms with Crippen molar-refractivity contribution in [3.05, 3.63) is 246 Å². The number of para-hydroxylation sites is 1. The van der Waals surface area contributed by atoms with E-state index in [0.29, 0.717) is 5.92 Å². The first-order valence-electron chi connectivity index (χ1n) is 21.7. The molecule has 292 valence electrons. The van der Waals surface area contributed by atoms with Gasteiger partial charge in [0.2, 0.25) is 0 Å². The van der Waals surface area contributed by atoms with Crippen LogP contribution in [0.3, 0.4) is 0 Å². The largest absolute Gasteiger partial charge is 0.310 e. The molecule has 9 aromatic carbocycles. The van der Waals surface area contributed by atoms with Crippen LogP contribution in [0.25, 0.3) is 55.6 Å². The van der Waals surface area contributed by atoms with Gasteiger partial charge in [-0.2, -0.15) is 0 Å². The van der Waals surface area contributed by atoms with E-state index in [1.807, 2.05) is 0 Å². The minimum Gasteiger partial charge on any atom is -0.310 e. The number of aryl methyl sites for hydroxylation is 1. The molecule has 0 saturated heterocycles. The Morgan fingerprint density at radius 2 is 0.967 bits per heavy atom. The molecular formula is C60H47N. The van der Waals surface area contributed by atoms with Crippen LogP contribution in [-0.2, 0) is 11.8 Å². The number of hydrogen-bond donors (Lipinski definition) is 0. The molecule has 9 aromatic rings. The lowest BCUT2D eigenvalue weighted by Gasteiger charge is -2.29. The molecule has 0 radical (unpaired) electrons. The van der Waals surface area contributed by atoms with E-state index in [1.54, 1.807) is 0 Å². The molecule has 0 amide bonds. The van der Waals surface area contributed by atoms with Gasteiger partial charge in [0.15, 0.2) is 0 Å². The standard InChI is InChI=1S/C60H47N/c1-60(2)56-28-13-11-26-54(56)59-53(27-16-29-57(59)60)52-25-12-14-30-58(52)61(46-35-32-43(33-36-46)42-19-7-4-8-20-42)47-22-15-21-44(39-47)45-34-38-51-49-24-10-9-23-48(49)50(55(51)40-45)37-31-41-17-5-3-6-18-41/h3-30,32-36,38-40,50H,31,37H2,1-2H3. The normalized spacial score (nSPS) is 14.2. The lowest BCUT2D eigenvalue weighted by Crippen LogP contribution is -2.14. The van der Waals surface area contributed by atoms with Crippen molar-refractivity contribution in [2.45, 2.75) is 38.0 Å². The first-order chi connectivity index (χ1) is 30.0. The molecule has 1 heteroatoms. The molecular weight excluding hydrogens is 735 g/mol. The van der Waals surface area contributed by atoms with Crippen LogP contribution in [0.5, 0.6) is 0 Å². The molecule has 0 fully saturated rings. The summed E-state index contributed by atoms with van der Waals surface area (Å²) in [7, 11) is 0. The van der Waals surface area contributed by atoms with Crippen molar-refractivity contribution < 1.29 is 0 Å². The van der Waals surface area contributed by atoms with Crippen LogP contribution in [0.4, 0.5) is 17.1 Å². The van der Waals surface area contributed by atoms with Crippen LogP contribution < -0.4 is 4.90 Å². The maximum Gasteiger partial charge on any atom is 0.0540 e. The average Bonchev–Trinajstić information content (AvgIpc) is 3.76. The van der Waals surface area contributed by atoms with Crippen LogP contribution >= 0.6 is 0 Å². The van der Waals surface area contributed by atoms with Crippen molar-refractivity contribution >= 4 is 17.1 Å². The Bertz CT molecular complexity index is 3050. The number of nitrogens with zero attached hydrogens (tertiary/aromatic N) is 1. The predicted molar refractivity (Wildman–Crippen MR) is 257 cm³/mol.